The Morgan fingerprint density at radius 3 is 2.62 bits per heavy atom. The van der Waals surface area contributed by atoms with Crippen LogP contribution >= 0.6 is 0 Å². The van der Waals surface area contributed by atoms with Crippen LogP contribution in [-0.2, 0) is 6.54 Å². The summed E-state index contributed by atoms with van der Waals surface area (Å²) in [6, 6.07) is 19.0. The summed E-state index contributed by atoms with van der Waals surface area (Å²) < 4.78 is 15.2. The Bertz CT molecular complexity index is 1110. The van der Waals surface area contributed by atoms with Crippen LogP contribution in [0.2, 0.25) is 0 Å². The number of carbonyl (C=O) groups excluding carboxylic acids is 1. The van der Waals surface area contributed by atoms with E-state index >= 15 is 0 Å². The fourth-order valence-electron chi connectivity index (χ4n) is 2.86. The number of hydrogen-bond donors (Lipinski definition) is 2. The molecule has 1 amide bonds. The molecule has 0 unspecified atom stereocenters. The van der Waals surface area contributed by atoms with Crippen LogP contribution in [0, 0.1) is 5.82 Å². The first-order valence-corrected chi connectivity index (χ1v) is 9.04. The number of halogens is 1. The zero-order valence-electron chi connectivity index (χ0n) is 15.4. The number of carbonyl (C=O) groups is 1. The molecule has 0 spiro atoms. The lowest BCUT2D eigenvalue weighted by atomic mass is 10.2. The van der Waals surface area contributed by atoms with Crippen molar-refractivity contribution in [3.8, 4) is 5.69 Å². The SMILES string of the molecule is O=C(NCc1ccc(-n2cccn2)cc1)c1cccnc1Nc1cccc(F)c1. The lowest BCUT2D eigenvalue weighted by Crippen LogP contribution is -2.24. The second-order valence-electron chi connectivity index (χ2n) is 6.33. The van der Waals surface area contributed by atoms with Crippen molar-refractivity contribution in [3.63, 3.8) is 0 Å². The van der Waals surface area contributed by atoms with Crippen molar-refractivity contribution >= 4 is 17.4 Å². The second-order valence-corrected chi connectivity index (χ2v) is 6.33. The topological polar surface area (TPSA) is 71.8 Å². The predicted octanol–water partition coefficient (Wildman–Crippen LogP) is 4.08. The molecule has 29 heavy (non-hydrogen) atoms. The van der Waals surface area contributed by atoms with Crippen molar-refractivity contribution in [2.45, 2.75) is 6.54 Å². The van der Waals surface area contributed by atoms with Crippen molar-refractivity contribution in [2.24, 2.45) is 0 Å². The summed E-state index contributed by atoms with van der Waals surface area (Å²) in [7, 11) is 0. The molecule has 4 rings (SSSR count). The molecule has 144 valence electrons. The van der Waals surface area contributed by atoms with E-state index in [1.807, 2.05) is 36.5 Å². The Kier molecular flexibility index (Phi) is 5.29. The number of hydrogen-bond acceptors (Lipinski definition) is 4. The normalized spacial score (nSPS) is 10.5. The maximum Gasteiger partial charge on any atom is 0.255 e. The van der Waals surface area contributed by atoms with Crippen LogP contribution in [0.1, 0.15) is 15.9 Å². The number of aromatic nitrogens is 3. The van der Waals surface area contributed by atoms with Gasteiger partial charge in [-0.1, -0.05) is 18.2 Å². The van der Waals surface area contributed by atoms with Crippen molar-refractivity contribution in [1.29, 1.82) is 0 Å². The Morgan fingerprint density at radius 2 is 1.86 bits per heavy atom. The van der Waals surface area contributed by atoms with Gasteiger partial charge in [0.2, 0.25) is 0 Å². The highest BCUT2D eigenvalue weighted by molar-refractivity contribution is 5.99. The first kappa shape index (κ1) is 18.4. The minimum Gasteiger partial charge on any atom is -0.348 e. The molecule has 2 heterocycles. The molecule has 0 atom stereocenters. The number of benzene rings is 2. The minimum atomic E-state index is -0.365. The number of nitrogens with zero attached hydrogens (tertiary/aromatic N) is 3. The molecule has 0 aliphatic heterocycles. The lowest BCUT2D eigenvalue weighted by molar-refractivity contribution is 0.0951. The van der Waals surface area contributed by atoms with Gasteiger partial charge in [-0.25, -0.2) is 14.1 Å². The lowest BCUT2D eigenvalue weighted by Gasteiger charge is -2.11. The van der Waals surface area contributed by atoms with Gasteiger partial charge in [0.1, 0.15) is 11.6 Å². The average molecular weight is 387 g/mol. The molecule has 4 aromatic rings. The molecule has 0 aliphatic carbocycles. The fourth-order valence-corrected chi connectivity index (χ4v) is 2.86. The number of rotatable bonds is 6. The van der Waals surface area contributed by atoms with Crippen LogP contribution in [0.3, 0.4) is 0 Å². The zero-order chi connectivity index (χ0) is 20.1. The molecule has 6 nitrogen and oxygen atoms in total. The van der Waals surface area contributed by atoms with Gasteiger partial charge in [-0.15, -0.1) is 0 Å². The molecular weight excluding hydrogens is 369 g/mol. The Labute approximate surface area is 167 Å². The molecule has 0 fully saturated rings. The third-order valence-electron chi connectivity index (χ3n) is 4.30. The molecule has 2 aromatic carbocycles. The maximum absolute atomic E-state index is 13.4. The number of nitrogens with one attached hydrogen (secondary N) is 2. The van der Waals surface area contributed by atoms with Gasteiger partial charge in [0.15, 0.2) is 0 Å². The van der Waals surface area contributed by atoms with E-state index in [4.69, 9.17) is 0 Å². The standard InChI is InChI=1S/C22H18FN5O/c23-17-4-1-5-18(14-17)27-21-20(6-2-11-24-21)22(29)25-15-16-7-9-19(10-8-16)28-13-3-12-26-28/h1-14H,15H2,(H,24,27)(H,25,29). The van der Waals surface area contributed by atoms with Crippen molar-refractivity contribution < 1.29 is 9.18 Å². The van der Waals surface area contributed by atoms with Crippen LogP contribution in [0.25, 0.3) is 5.69 Å². The van der Waals surface area contributed by atoms with Crippen LogP contribution in [0.4, 0.5) is 15.9 Å². The number of pyridine rings is 1. The summed E-state index contributed by atoms with van der Waals surface area (Å²) in [5, 5.41) is 10.1. The molecule has 0 bridgehead atoms. The quantitative estimate of drug-likeness (QED) is 0.523. The molecule has 0 aliphatic rings. The Hall–Kier alpha value is -4.00. The highest BCUT2D eigenvalue weighted by atomic mass is 19.1. The summed E-state index contributed by atoms with van der Waals surface area (Å²) in [5.41, 5.74) is 2.80. The average Bonchev–Trinajstić information content (AvgIpc) is 3.28. The van der Waals surface area contributed by atoms with Crippen LogP contribution < -0.4 is 10.6 Å². The summed E-state index contributed by atoms with van der Waals surface area (Å²) in [6.45, 7) is 0.368. The monoisotopic (exact) mass is 387 g/mol. The van der Waals surface area contributed by atoms with Gasteiger partial charge < -0.3 is 10.6 Å². The minimum absolute atomic E-state index is 0.270. The third-order valence-corrected chi connectivity index (χ3v) is 4.30. The molecule has 7 heteroatoms. The van der Waals surface area contributed by atoms with Crippen molar-refractivity contribution in [3.05, 3.63) is 102 Å². The number of amides is 1. The summed E-state index contributed by atoms with van der Waals surface area (Å²) in [4.78, 5) is 16.9. The summed E-state index contributed by atoms with van der Waals surface area (Å²) in [5.74, 6) is -0.270. The molecule has 0 saturated carbocycles. The molecule has 2 aromatic heterocycles. The van der Waals surface area contributed by atoms with E-state index in [2.05, 4.69) is 20.7 Å². The molecular formula is C22H18FN5O. The zero-order valence-corrected chi connectivity index (χ0v) is 15.4. The van der Waals surface area contributed by atoms with Gasteiger partial charge in [-0.3, -0.25) is 4.79 Å². The van der Waals surface area contributed by atoms with Crippen LogP contribution in [-0.4, -0.2) is 20.7 Å². The van der Waals surface area contributed by atoms with Gasteiger partial charge in [0.25, 0.3) is 5.91 Å². The van der Waals surface area contributed by atoms with E-state index < -0.39 is 0 Å². The Balaban J connectivity index is 1.43. The van der Waals surface area contributed by atoms with Crippen molar-refractivity contribution in [1.82, 2.24) is 20.1 Å². The smallest absolute Gasteiger partial charge is 0.255 e. The van der Waals surface area contributed by atoms with E-state index in [0.717, 1.165) is 11.3 Å². The third kappa shape index (κ3) is 4.47. The van der Waals surface area contributed by atoms with E-state index in [1.165, 1.54) is 12.1 Å². The first-order valence-electron chi connectivity index (χ1n) is 9.04. The largest absolute Gasteiger partial charge is 0.348 e. The highest BCUT2D eigenvalue weighted by Gasteiger charge is 2.12. The number of anilines is 2. The molecule has 0 radical (unpaired) electrons. The molecule has 0 saturated heterocycles. The van der Waals surface area contributed by atoms with E-state index in [-0.39, 0.29) is 11.7 Å². The van der Waals surface area contributed by atoms with Gasteiger partial charge in [-0.2, -0.15) is 5.10 Å². The summed E-state index contributed by atoms with van der Waals surface area (Å²) >= 11 is 0. The van der Waals surface area contributed by atoms with Crippen molar-refractivity contribution in [2.75, 3.05) is 5.32 Å². The van der Waals surface area contributed by atoms with E-state index in [1.54, 1.807) is 41.3 Å². The summed E-state index contributed by atoms with van der Waals surface area (Å²) in [6.07, 6.45) is 5.16. The van der Waals surface area contributed by atoms with Crippen LogP contribution in [0.15, 0.2) is 85.3 Å². The second kappa shape index (κ2) is 8.35. The van der Waals surface area contributed by atoms with Gasteiger partial charge in [-0.05, 0) is 54.1 Å². The van der Waals surface area contributed by atoms with Gasteiger partial charge >= 0.3 is 0 Å². The first-order chi connectivity index (χ1) is 14.2. The van der Waals surface area contributed by atoms with E-state index in [0.29, 0.717) is 23.6 Å². The fraction of sp³-hybridized carbons (Fsp3) is 0.0455. The van der Waals surface area contributed by atoms with Gasteiger partial charge in [0, 0.05) is 30.8 Å². The van der Waals surface area contributed by atoms with E-state index in [9.17, 15) is 9.18 Å². The van der Waals surface area contributed by atoms with Gasteiger partial charge in [0.05, 0.1) is 11.3 Å². The predicted molar refractivity (Wildman–Crippen MR) is 109 cm³/mol. The highest BCUT2D eigenvalue weighted by Crippen LogP contribution is 2.19. The molecule has 2 N–H and O–H groups in total. The maximum atomic E-state index is 13.4. The Morgan fingerprint density at radius 1 is 1.00 bits per heavy atom. The van der Waals surface area contributed by atoms with Crippen LogP contribution in [0.5, 0.6) is 0 Å².